The number of aromatic hydroxyl groups is 2. The normalized spacial score (nSPS) is 15.6. The number of amides is 13. The lowest BCUT2D eigenvalue weighted by molar-refractivity contribution is -0.145. The van der Waals surface area contributed by atoms with Crippen molar-refractivity contribution in [2.45, 2.75) is 182 Å². The number of nitrogens with zero attached hydrogens (tertiary/aromatic N) is 2. The number of hydrogen-bond donors (Lipinski definition) is 24. The van der Waals surface area contributed by atoms with E-state index in [2.05, 4.69) is 68.5 Å². The number of carboxylic acid groups (broad SMARTS) is 2. The van der Waals surface area contributed by atoms with E-state index in [1.807, 2.05) is 0 Å². The molecule has 1 aromatic heterocycles. The maximum Gasteiger partial charge on any atom is 0.326 e. The van der Waals surface area contributed by atoms with Crippen LogP contribution in [0.2, 0.25) is 0 Å². The summed E-state index contributed by atoms with van der Waals surface area (Å²) in [5.41, 5.74) is 29.2. The molecular formula is C70H98N20O21. The van der Waals surface area contributed by atoms with Gasteiger partial charge in [0.1, 0.15) is 78.0 Å². The summed E-state index contributed by atoms with van der Waals surface area (Å²) < 4.78 is 0. The number of H-pyrrole nitrogens is 1. The predicted octanol–water partition coefficient (Wildman–Crippen LogP) is -7.28. The van der Waals surface area contributed by atoms with Gasteiger partial charge >= 0.3 is 11.9 Å². The highest BCUT2D eigenvalue weighted by molar-refractivity contribution is 6.01. The summed E-state index contributed by atoms with van der Waals surface area (Å²) in [6.07, 6.45) is -2.50. The maximum atomic E-state index is 14.8. The first kappa shape index (κ1) is 89.3. The number of aliphatic hydroxyl groups excluding tert-OH is 2. The number of carbonyl (C=O) groups excluding carboxylic acids is 13. The number of imidazole rings is 1. The SMILES string of the molecule is C[C@@H](O)[C@H](NC(=O)[C@H](Cc1c[nH]cn1)NC(=O)[C@@H](N)CCCNC(=N)N)C(=O)N[C@@H](CC(N)=O)C(=O)N[C@@H](CC(=O)O)C(=O)N[C@@H](Cc1ccc(O)cc1)C(=O)N[C@@H](CO)C(=O)N[C@@H](CCC(N)=O)C(=O)N[C@@H](Cc1ccccc1)C(=O)N[C@@H](Cc1ccc(O)cc1)C(=O)N1CCC[C@H]1C(=O)N[C@@H](CCCCN)C(=O)O. The average molecular weight is 1560 g/mol. The molecule has 604 valence electrons. The fourth-order valence-corrected chi connectivity index (χ4v) is 11.6. The van der Waals surface area contributed by atoms with Gasteiger partial charge in [-0.1, -0.05) is 54.6 Å². The number of hydrogen-bond acceptors (Lipinski definition) is 23. The molecule has 1 fully saturated rings. The van der Waals surface area contributed by atoms with Crippen LogP contribution in [0.25, 0.3) is 0 Å². The van der Waals surface area contributed by atoms with Crippen LogP contribution in [0.3, 0.4) is 0 Å². The predicted molar refractivity (Wildman–Crippen MR) is 391 cm³/mol. The molecule has 0 bridgehead atoms. The van der Waals surface area contributed by atoms with Gasteiger partial charge in [0.15, 0.2) is 5.96 Å². The van der Waals surface area contributed by atoms with Crippen molar-refractivity contribution < 1.29 is 103 Å². The molecule has 3 aromatic carbocycles. The minimum Gasteiger partial charge on any atom is -0.508 e. The lowest BCUT2D eigenvalue weighted by Crippen LogP contribution is -2.62. The fraction of sp³-hybridized carbons (Fsp3) is 0.471. The molecule has 0 aliphatic carbocycles. The summed E-state index contributed by atoms with van der Waals surface area (Å²) in [7, 11) is 0. The van der Waals surface area contributed by atoms with Gasteiger partial charge in [-0.3, -0.25) is 72.5 Å². The van der Waals surface area contributed by atoms with Crippen LogP contribution in [0.5, 0.6) is 11.5 Å². The Morgan fingerprint density at radius 2 is 1.04 bits per heavy atom. The second-order valence-electron chi connectivity index (χ2n) is 26.3. The summed E-state index contributed by atoms with van der Waals surface area (Å²) in [6.45, 7) is 0.241. The molecular weight excluding hydrogens is 1460 g/mol. The van der Waals surface area contributed by atoms with Crippen molar-refractivity contribution in [1.29, 1.82) is 5.41 Å². The van der Waals surface area contributed by atoms with Crippen LogP contribution in [0.15, 0.2) is 91.4 Å². The van der Waals surface area contributed by atoms with Gasteiger partial charge in [0.05, 0.1) is 43.6 Å². The number of rotatable bonds is 47. The second kappa shape index (κ2) is 44.8. The Morgan fingerprint density at radius 1 is 0.550 bits per heavy atom. The molecule has 13 atom stereocenters. The Kier molecular flexibility index (Phi) is 36.0. The van der Waals surface area contributed by atoms with E-state index in [1.165, 1.54) is 66.0 Å². The summed E-state index contributed by atoms with van der Waals surface area (Å²) in [5.74, 6) is -18.7. The lowest BCUT2D eigenvalue weighted by atomic mass is 10.0. The van der Waals surface area contributed by atoms with Crippen molar-refractivity contribution in [3.63, 3.8) is 0 Å². The molecule has 5 rings (SSSR count). The van der Waals surface area contributed by atoms with Crippen LogP contribution in [0.1, 0.15) is 99.9 Å². The quantitative estimate of drug-likeness (QED) is 0.0111. The van der Waals surface area contributed by atoms with Crippen molar-refractivity contribution in [1.82, 2.24) is 73.4 Å². The fourth-order valence-electron chi connectivity index (χ4n) is 11.6. The number of likely N-dealkylation sites (tertiary alicyclic amines) is 1. The molecule has 0 spiro atoms. The zero-order chi connectivity index (χ0) is 82.0. The Bertz CT molecular complexity index is 3870. The highest BCUT2D eigenvalue weighted by Gasteiger charge is 2.42. The highest BCUT2D eigenvalue weighted by atomic mass is 16.4. The van der Waals surface area contributed by atoms with E-state index in [0.29, 0.717) is 30.4 Å². The molecule has 13 amide bonds. The highest BCUT2D eigenvalue weighted by Crippen LogP contribution is 2.22. The van der Waals surface area contributed by atoms with Gasteiger partial charge in [-0.25, -0.2) is 9.78 Å². The largest absolute Gasteiger partial charge is 0.508 e. The number of carbonyl (C=O) groups is 15. The number of nitrogens with two attached hydrogens (primary N) is 5. The number of carboxylic acids is 2. The van der Waals surface area contributed by atoms with Crippen LogP contribution < -0.4 is 87.2 Å². The minimum absolute atomic E-state index is 0.00361. The zero-order valence-electron chi connectivity index (χ0n) is 60.7. The number of unbranched alkanes of at least 4 members (excludes halogenated alkanes) is 1. The van der Waals surface area contributed by atoms with Crippen LogP contribution >= 0.6 is 0 Å². The first-order valence-corrected chi connectivity index (χ1v) is 35.4. The van der Waals surface area contributed by atoms with Crippen LogP contribution in [-0.2, 0) is 97.6 Å². The topological polar surface area (TPSA) is 696 Å². The van der Waals surface area contributed by atoms with Gasteiger partial charge in [0.2, 0.25) is 76.8 Å². The average Bonchev–Trinajstić information content (AvgIpc) is 1.76. The van der Waals surface area contributed by atoms with E-state index in [4.69, 9.17) is 34.1 Å². The molecule has 0 unspecified atom stereocenters. The van der Waals surface area contributed by atoms with Gasteiger partial charge in [0.25, 0.3) is 0 Å². The number of phenols is 2. The Hall–Kier alpha value is -12.4. The van der Waals surface area contributed by atoms with E-state index < -0.39 is 206 Å². The van der Waals surface area contributed by atoms with Crippen LogP contribution in [0.4, 0.5) is 0 Å². The van der Waals surface area contributed by atoms with Crippen molar-refractivity contribution in [3.8, 4) is 11.5 Å². The first-order chi connectivity index (χ1) is 52.7. The summed E-state index contributed by atoms with van der Waals surface area (Å²) in [6, 6.07) is -1.93. The monoisotopic (exact) mass is 1550 g/mol. The van der Waals surface area contributed by atoms with Crippen molar-refractivity contribution in [3.05, 3.63) is 114 Å². The Balaban J connectivity index is 1.38. The first-order valence-electron chi connectivity index (χ1n) is 35.4. The molecule has 2 heterocycles. The zero-order valence-corrected chi connectivity index (χ0v) is 60.7. The van der Waals surface area contributed by atoms with Gasteiger partial charge in [-0.05, 0) is 106 Å². The molecule has 1 aliphatic rings. The van der Waals surface area contributed by atoms with E-state index in [0.717, 1.165) is 6.92 Å². The number of phenolic OH excluding ortho intramolecular Hbond substituents is 2. The Labute approximate surface area is 635 Å². The van der Waals surface area contributed by atoms with Crippen molar-refractivity contribution >= 4 is 94.7 Å². The molecule has 1 aliphatic heterocycles. The number of aliphatic hydroxyl groups is 2. The number of guanidine groups is 1. The third-order valence-electron chi connectivity index (χ3n) is 17.5. The molecule has 1 saturated heterocycles. The molecule has 41 heteroatoms. The standard InChI is InChI=1S/C70H98N20O21/c1-36(92)57(89-64(105)48(30-40-33-77-35-79-40)82-58(99)43(72)11-7-25-78-70(75)76)67(108)86-49(31-55(74)96)62(103)85-50(32-56(97)98)63(104)84-47(28-38-14-18-41(93)19-15-38)61(102)88-52(34-91)65(106)80-44(22-23-54(73)95)59(100)83-46(27-37-9-3-2-4-10-37)60(101)87-51(29-39-16-20-42(94)21-17-39)68(109)90-26-8-13-53(90)66(107)81-45(69(110)111)12-5-6-24-71/h2-4,9-10,14-21,33,35-36,43-53,57,91-94H,5-8,11-13,22-32,34,71-72H2,1H3,(H2,73,95)(H2,74,96)(H,77,79)(H,80,106)(H,81,107)(H,82,99)(H,83,100)(H,84,104)(H,85,103)(H,86,108)(H,87,101)(H,88,102)(H,89,105)(H,97,98)(H,110,111)(H4,75,76,78)/t36-,43+,44+,45+,46+,47+,48+,49+,50+,51+,52+,53+,57+/m1/s1. The van der Waals surface area contributed by atoms with Gasteiger partial charge < -0.3 is 128 Å². The number of aromatic amines is 1. The smallest absolute Gasteiger partial charge is 0.326 e. The summed E-state index contributed by atoms with van der Waals surface area (Å²) in [5, 5.41) is 95.1. The van der Waals surface area contributed by atoms with Crippen molar-refractivity contribution in [2.24, 2.45) is 28.7 Å². The van der Waals surface area contributed by atoms with Gasteiger partial charge in [0, 0.05) is 51.4 Å². The number of aromatic nitrogens is 2. The van der Waals surface area contributed by atoms with Crippen LogP contribution in [0, 0.1) is 5.41 Å². The van der Waals surface area contributed by atoms with Gasteiger partial charge in [-0.2, -0.15) is 0 Å². The molecule has 41 nitrogen and oxygen atoms in total. The van der Waals surface area contributed by atoms with Crippen LogP contribution in [-0.4, -0.2) is 245 Å². The molecule has 0 radical (unpaired) electrons. The number of benzene rings is 3. The molecule has 29 N–H and O–H groups in total. The number of primary amides is 2. The third-order valence-corrected chi connectivity index (χ3v) is 17.5. The molecule has 4 aromatic rings. The number of nitrogens with one attached hydrogen (secondary N) is 13. The van der Waals surface area contributed by atoms with E-state index >= 15 is 0 Å². The van der Waals surface area contributed by atoms with E-state index in [9.17, 15) is 103 Å². The second-order valence-corrected chi connectivity index (χ2v) is 26.3. The summed E-state index contributed by atoms with van der Waals surface area (Å²) in [4.78, 5) is 214. The third kappa shape index (κ3) is 30.3. The van der Waals surface area contributed by atoms with E-state index in [1.54, 1.807) is 30.3 Å². The molecule has 111 heavy (non-hydrogen) atoms. The lowest BCUT2D eigenvalue weighted by Gasteiger charge is -2.31. The minimum atomic E-state index is -2.22. The van der Waals surface area contributed by atoms with Gasteiger partial charge in [-0.15, -0.1) is 0 Å². The van der Waals surface area contributed by atoms with Crippen molar-refractivity contribution in [2.75, 3.05) is 26.2 Å². The molecule has 0 saturated carbocycles. The Morgan fingerprint density at radius 3 is 1.56 bits per heavy atom. The van der Waals surface area contributed by atoms with E-state index in [-0.39, 0.29) is 93.3 Å². The summed E-state index contributed by atoms with van der Waals surface area (Å²) >= 11 is 0. The number of aliphatic carboxylic acids is 2. The maximum absolute atomic E-state index is 14.8.